The number of sulfonamides is 1. The molecule has 27 heavy (non-hydrogen) atoms. The highest BCUT2D eigenvalue weighted by molar-refractivity contribution is 7.88. The summed E-state index contributed by atoms with van der Waals surface area (Å²) in [7, 11) is -1.04. The zero-order valence-corrected chi connectivity index (χ0v) is 17.2. The van der Waals surface area contributed by atoms with Gasteiger partial charge in [-0.3, -0.25) is 4.79 Å². The number of hydrogen-bond acceptors (Lipinski definition) is 4. The number of likely N-dealkylation sites (N-methyl/N-ethyl adjacent to an activating group) is 1. The van der Waals surface area contributed by atoms with Crippen molar-refractivity contribution in [1.82, 2.24) is 14.5 Å². The first-order chi connectivity index (χ1) is 12.8. The second-order valence-corrected chi connectivity index (χ2v) is 10.1. The molecule has 1 spiro atoms. The molecule has 3 rings (SSSR count). The van der Waals surface area contributed by atoms with Gasteiger partial charge in [-0.25, -0.2) is 13.1 Å². The van der Waals surface area contributed by atoms with Gasteiger partial charge in [-0.1, -0.05) is 30.3 Å². The van der Waals surface area contributed by atoms with Gasteiger partial charge in [0.15, 0.2) is 0 Å². The van der Waals surface area contributed by atoms with E-state index in [-0.39, 0.29) is 24.3 Å². The first kappa shape index (κ1) is 20.3. The van der Waals surface area contributed by atoms with Crippen molar-refractivity contribution in [2.45, 2.75) is 31.6 Å². The van der Waals surface area contributed by atoms with E-state index in [0.29, 0.717) is 5.92 Å². The first-order valence-corrected chi connectivity index (χ1v) is 11.6. The van der Waals surface area contributed by atoms with Crippen molar-refractivity contribution in [2.24, 2.45) is 5.41 Å². The second kappa shape index (κ2) is 8.29. The summed E-state index contributed by atoms with van der Waals surface area (Å²) in [6.45, 7) is 3.90. The van der Waals surface area contributed by atoms with Crippen LogP contribution in [0.15, 0.2) is 30.3 Å². The summed E-state index contributed by atoms with van der Waals surface area (Å²) < 4.78 is 24.7. The standard InChI is InChI=1S/C20H31N3O3S/c1-22-15-18(17-6-4-3-5-7-17)14-20(16-22)9-12-23(13-10-20)19(24)8-11-21-27(2,25)26/h3-7,18,21H,8-16H2,1-2H3/t18-/m1/s1. The minimum Gasteiger partial charge on any atom is -0.343 e. The molecule has 0 unspecified atom stereocenters. The van der Waals surface area contributed by atoms with Crippen LogP contribution in [-0.2, 0) is 14.8 Å². The van der Waals surface area contributed by atoms with Crippen molar-refractivity contribution >= 4 is 15.9 Å². The smallest absolute Gasteiger partial charge is 0.223 e. The zero-order valence-electron chi connectivity index (χ0n) is 16.4. The van der Waals surface area contributed by atoms with Gasteiger partial charge in [-0.05, 0) is 43.2 Å². The third kappa shape index (κ3) is 5.53. The summed E-state index contributed by atoms with van der Waals surface area (Å²) in [4.78, 5) is 16.7. The van der Waals surface area contributed by atoms with Gasteiger partial charge in [0, 0.05) is 39.1 Å². The quantitative estimate of drug-likeness (QED) is 0.826. The summed E-state index contributed by atoms with van der Waals surface area (Å²) in [5, 5.41) is 0. The van der Waals surface area contributed by atoms with E-state index < -0.39 is 10.0 Å². The Kier molecular flexibility index (Phi) is 6.23. The summed E-state index contributed by atoms with van der Waals surface area (Å²) in [6, 6.07) is 10.7. The Morgan fingerprint density at radius 2 is 1.89 bits per heavy atom. The summed E-state index contributed by atoms with van der Waals surface area (Å²) in [5.41, 5.74) is 1.68. The van der Waals surface area contributed by atoms with Gasteiger partial charge in [0.2, 0.25) is 15.9 Å². The number of nitrogens with one attached hydrogen (secondary N) is 1. The van der Waals surface area contributed by atoms with Crippen molar-refractivity contribution in [2.75, 3.05) is 46.0 Å². The Labute approximate surface area is 163 Å². The maximum Gasteiger partial charge on any atom is 0.223 e. The molecule has 2 aliphatic heterocycles. The lowest BCUT2D eigenvalue weighted by Crippen LogP contribution is -2.51. The molecule has 150 valence electrons. The van der Waals surface area contributed by atoms with Gasteiger partial charge >= 0.3 is 0 Å². The molecule has 1 N–H and O–H groups in total. The van der Waals surface area contributed by atoms with Crippen LogP contribution in [-0.4, -0.2) is 70.2 Å². The zero-order chi connectivity index (χ0) is 19.5. The number of carbonyl (C=O) groups is 1. The molecule has 0 aliphatic carbocycles. The van der Waals surface area contributed by atoms with Crippen LogP contribution in [0.1, 0.15) is 37.2 Å². The first-order valence-electron chi connectivity index (χ1n) is 9.72. The molecule has 1 aromatic carbocycles. The maximum atomic E-state index is 12.4. The van der Waals surface area contributed by atoms with Crippen molar-refractivity contribution in [1.29, 1.82) is 0 Å². The number of rotatable bonds is 5. The Morgan fingerprint density at radius 3 is 2.52 bits per heavy atom. The number of nitrogens with zero attached hydrogens (tertiary/aromatic N) is 2. The molecule has 7 heteroatoms. The lowest BCUT2D eigenvalue weighted by Gasteiger charge is -2.49. The molecular weight excluding hydrogens is 362 g/mol. The summed E-state index contributed by atoms with van der Waals surface area (Å²) >= 11 is 0. The minimum atomic E-state index is -3.24. The topological polar surface area (TPSA) is 69.7 Å². The molecular formula is C20H31N3O3S. The van der Waals surface area contributed by atoms with Crippen LogP contribution in [0.25, 0.3) is 0 Å². The molecule has 2 saturated heterocycles. The van der Waals surface area contributed by atoms with Crippen molar-refractivity contribution < 1.29 is 13.2 Å². The van der Waals surface area contributed by atoms with E-state index in [1.165, 1.54) is 12.0 Å². The van der Waals surface area contributed by atoms with Gasteiger partial charge < -0.3 is 9.80 Å². The third-order valence-electron chi connectivity index (χ3n) is 5.97. The summed E-state index contributed by atoms with van der Waals surface area (Å²) in [6.07, 6.45) is 4.56. The lowest BCUT2D eigenvalue weighted by molar-refractivity contribution is -0.134. The van der Waals surface area contributed by atoms with E-state index in [1.807, 2.05) is 4.90 Å². The highest BCUT2D eigenvalue weighted by atomic mass is 32.2. The van der Waals surface area contributed by atoms with Gasteiger partial charge in [0.1, 0.15) is 0 Å². The number of benzene rings is 1. The Balaban J connectivity index is 1.56. The maximum absolute atomic E-state index is 12.4. The third-order valence-corrected chi connectivity index (χ3v) is 6.70. The van der Waals surface area contributed by atoms with Gasteiger partial charge in [0.05, 0.1) is 6.26 Å². The molecule has 2 aliphatic rings. The fraction of sp³-hybridized carbons (Fsp3) is 0.650. The number of hydrogen-bond donors (Lipinski definition) is 1. The fourth-order valence-electron chi connectivity index (χ4n) is 4.71. The number of piperidine rings is 2. The fourth-order valence-corrected chi connectivity index (χ4v) is 5.18. The van der Waals surface area contributed by atoms with Crippen LogP contribution in [0.4, 0.5) is 0 Å². The molecule has 2 fully saturated rings. The average molecular weight is 394 g/mol. The molecule has 0 bridgehead atoms. The number of likely N-dealkylation sites (tertiary alicyclic amines) is 2. The molecule has 0 radical (unpaired) electrons. The molecule has 2 heterocycles. The van der Waals surface area contributed by atoms with Gasteiger partial charge in [-0.15, -0.1) is 0 Å². The van der Waals surface area contributed by atoms with E-state index in [4.69, 9.17) is 0 Å². The number of carbonyl (C=O) groups excluding carboxylic acids is 1. The van der Waals surface area contributed by atoms with Crippen LogP contribution >= 0.6 is 0 Å². The van der Waals surface area contributed by atoms with Crippen molar-refractivity contribution in [3.05, 3.63) is 35.9 Å². The van der Waals surface area contributed by atoms with E-state index in [2.05, 4.69) is 47.0 Å². The molecule has 1 atom stereocenters. The van der Waals surface area contributed by atoms with E-state index in [0.717, 1.165) is 45.3 Å². The Hall–Kier alpha value is -1.44. The molecule has 1 aromatic rings. The monoisotopic (exact) mass is 393 g/mol. The van der Waals surface area contributed by atoms with Crippen LogP contribution < -0.4 is 4.72 Å². The Bertz CT molecular complexity index is 743. The molecule has 0 aromatic heterocycles. The largest absolute Gasteiger partial charge is 0.343 e. The highest BCUT2D eigenvalue weighted by Gasteiger charge is 2.41. The van der Waals surface area contributed by atoms with Crippen LogP contribution in [0.5, 0.6) is 0 Å². The van der Waals surface area contributed by atoms with Gasteiger partial charge in [-0.2, -0.15) is 0 Å². The SMILES string of the molecule is CN1C[C@H](c2ccccc2)CC2(CCN(C(=O)CCNS(C)(=O)=O)CC2)C1. The highest BCUT2D eigenvalue weighted by Crippen LogP contribution is 2.44. The molecule has 1 amide bonds. The van der Waals surface area contributed by atoms with Crippen molar-refractivity contribution in [3.63, 3.8) is 0 Å². The second-order valence-electron chi connectivity index (χ2n) is 8.31. The molecule has 6 nitrogen and oxygen atoms in total. The lowest BCUT2D eigenvalue weighted by atomic mass is 9.68. The van der Waals surface area contributed by atoms with Gasteiger partial charge in [0.25, 0.3) is 0 Å². The summed E-state index contributed by atoms with van der Waals surface area (Å²) in [5.74, 6) is 0.593. The van der Waals surface area contributed by atoms with Crippen LogP contribution in [0, 0.1) is 5.41 Å². The molecule has 0 saturated carbocycles. The Morgan fingerprint density at radius 1 is 1.22 bits per heavy atom. The van der Waals surface area contributed by atoms with E-state index in [9.17, 15) is 13.2 Å². The average Bonchev–Trinajstić information content (AvgIpc) is 2.61. The van der Waals surface area contributed by atoms with E-state index >= 15 is 0 Å². The predicted molar refractivity (Wildman–Crippen MR) is 107 cm³/mol. The normalized spacial score (nSPS) is 23.5. The van der Waals surface area contributed by atoms with Crippen LogP contribution in [0.3, 0.4) is 0 Å². The van der Waals surface area contributed by atoms with Crippen molar-refractivity contribution in [3.8, 4) is 0 Å². The predicted octanol–water partition coefficient (Wildman–Crippen LogP) is 1.65. The van der Waals surface area contributed by atoms with E-state index in [1.54, 1.807) is 0 Å². The minimum absolute atomic E-state index is 0.0461. The number of amides is 1. The van der Waals surface area contributed by atoms with Crippen LogP contribution in [0.2, 0.25) is 0 Å².